The maximum absolute atomic E-state index is 15.0. The van der Waals surface area contributed by atoms with Gasteiger partial charge in [0, 0.05) is 56.4 Å². The molecule has 2 aliphatic heterocycles. The molecule has 1 N–H and O–H groups in total. The standard InChI is InChI=1S/C29H35FN8/c1-5-36-10-12-37(13-11-36)18-20-6-7-24(31-16-20)33-28-32-17-22(30)27(35-28)21-14-19(2)26-23(15-21)38-25(34-26)8-9-29(38,3)4/h6-7,14-17H,5,8-13,18H2,1-4H3,(H,31,32,33,35). The minimum atomic E-state index is -0.457. The van der Waals surface area contributed by atoms with Gasteiger partial charge in [0.25, 0.3) is 0 Å². The van der Waals surface area contributed by atoms with Gasteiger partial charge in [-0.1, -0.05) is 13.0 Å². The van der Waals surface area contributed by atoms with Crippen molar-refractivity contribution in [1.82, 2.24) is 34.3 Å². The molecule has 6 rings (SSSR count). The first kappa shape index (κ1) is 24.9. The Morgan fingerprint density at radius 1 is 1.00 bits per heavy atom. The summed E-state index contributed by atoms with van der Waals surface area (Å²) < 4.78 is 17.3. The normalized spacial score (nSPS) is 17.7. The number of benzene rings is 1. The number of hydrogen-bond donors (Lipinski definition) is 1. The van der Waals surface area contributed by atoms with E-state index < -0.39 is 5.82 Å². The fourth-order valence-electron chi connectivity index (χ4n) is 5.76. The molecule has 0 amide bonds. The van der Waals surface area contributed by atoms with Crippen molar-refractivity contribution in [2.24, 2.45) is 0 Å². The van der Waals surface area contributed by atoms with Gasteiger partial charge in [0.05, 0.1) is 17.2 Å². The average molecular weight is 515 g/mol. The van der Waals surface area contributed by atoms with Crippen LogP contribution in [0.3, 0.4) is 0 Å². The van der Waals surface area contributed by atoms with E-state index in [2.05, 4.69) is 61.5 Å². The molecule has 0 aliphatic carbocycles. The third-order valence-electron chi connectivity index (χ3n) is 7.99. The number of nitrogens with one attached hydrogen (secondary N) is 1. The number of anilines is 2. The number of halogens is 1. The van der Waals surface area contributed by atoms with Gasteiger partial charge in [-0.05, 0) is 63.1 Å². The molecule has 2 aliphatic rings. The molecule has 5 heterocycles. The Morgan fingerprint density at radius 2 is 1.79 bits per heavy atom. The second kappa shape index (κ2) is 9.71. The van der Waals surface area contributed by atoms with E-state index in [0.717, 1.165) is 80.1 Å². The molecule has 1 saturated heterocycles. The molecule has 0 radical (unpaired) electrons. The highest BCUT2D eigenvalue weighted by atomic mass is 19.1. The number of fused-ring (bicyclic) bond motifs is 3. The predicted octanol–water partition coefficient (Wildman–Crippen LogP) is 4.90. The Balaban J connectivity index is 1.22. The van der Waals surface area contributed by atoms with Gasteiger partial charge in [0.15, 0.2) is 5.82 Å². The minimum absolute atomic E-state index is 0.0201. The summed E-state index contributed by atoms with van der Waals surface area (Å²) in [6.07, 6.45) is 5.11. The summed E-state index contributed by atoms with van der Waals surface area (Å²) in [5, 5.41) is 3.15. The second-order valence-electron chi connectivity index (χ2n) is 11.1. The lowest BCUT2D eigenvalue weighted by Gasteiger charge is -2.33. The fourth-order valence-corrected chi connectivity index (χ4v) is 5.76. The van der Waals surface area contributed by atoms with E-state index in [0.29, 0.717) is 11.8 Å². The van der Waals surface area contributed by atoms with Crippen molar-refractivity contribution in [2.45, 2.75) is 52.6 Å². The van der Waals surface area contributed by atoms with E-state index in [1.54, 1.807) is 0 Å². The molecule has 3 aromatic heterocycles. The van der Waals surface area contributed by atoms with Gasteiger partial charge in [-0.25, -0.2) is 24.3 Å². The number of aromatic nitrogens is 5. The molecule has 0 unspecified atom stereocenters. The largest absolute Gasteiger partial charge is 0.322 e. The van der Waals surface area contributed by atoms with Crippen LogP contribution >= 0.6 is 0 Å². The molecule has 198 valence electrons. The molecule has 4 aromatic rings. The summed E-state index contributed by atoms with van der Waals surface area (Å²) in [5.41, 5.74) is 5.14. The Morgan fingerprint density at radius 3 is 2.53 bits per heavy atom. The van der Waals surface area contributed by atoms with Crippen LogP contribution in [0.4, 0.5) is 16.2 Å². The van der Waals surface area contributed by atoms with Crippen molar-refractivity contribution >= 4 is 22.8 Å². The van der Waals surface area contributed by atoms with Crippen molar-refractivity contribution in [2.75, 3.05) is 38.0 Å². The molecule has 1 fully saturated rings. The summed E-state index contributed by atoms with van der Waals surface area (Å²) in [7, 11) is 0. The van der Waals surface area contributed by atoms with Gasteiger partial charge in [-0.3, -0.25) is 4.90 Å². The number of nitrogens with zero attached hydrogens (tertiary/aromatic N) is 7. The van der Waals surface area contributed by atoms with Crippen LogP contribution in [0, 0.1) is 12.7 Å². The molecule has 1 aromatic carbocycles. The van der Waals surface area contributed by atoms with E-state index in [-0.39, 0.29) is 11.2 Å². The zero-order valence-electron chi connectivity index (χ0n) is 22.6. The van der Waals surface area contributed by atoms with E-state index in [9.17, 15) is 0 Å². The quantitative estimate of drug-likeness (QED) is 0.392. The number of hydrogen-bond acceptors (Lipinski definition) is 7. The smallest absolute Gasteiger partial charge is 0.229 e. The van der Waals surface area contributed by atoms with Crippen LogP contribution in [-0.2, 0) is 18.5 Å². The Labute approximate surface area is 222 Å². The third kappa shape index (κ3) is 4.65. The van der Waals surface area contributed by atoms with Gasteiger partial charge in [-0.2, -0.15) is 0 Å². The second-order valence-corrected chi connectivity index (χ2v) is 11.1. The van der Waals surface area contributed by atoms with Crippen molar-refractivity contribution in [3.63, 3.8) is 0 Å². The van der Waals surface area contributed by atoms with Crippen LogP contribution in [-0.4, -0.2) is 67.0 Å². The van der Waals surface area contributed by atoms with Crippen LogP contribution in [0.2, 0.25) is 0 Å². The molecular formula is C29H35FN8. The Kier molecular flexibility index (Phi) is 6.36. The zero-order chi connectivity index (χ0) is 26.4. The summed E-state index contributed by atoms with van der Waals surface area (Å²) in [4.78, 5) is 23.1. The maximum atomic E-state index is 15.0. The van der Waals surface area contributed by atoms with Crippen molar-refractivity contribution in [3.8, 4) is 11.3 Å². The van der Waals surface area contributed by atoms with Crippen molar-refractivity contribution in [1.29, 1.82) is 0 Å². The van der Waals surface area contributed by atoms with Crippen LogP contribution in [0.1, 0.15) is 44.1 Å². The number of piperazine rings is 1. The van der Waals surface area contributed by atoms with Gasteiger partial charge in [0.1, 0.15) is 17.3 Å². The first-order valence-corrected chi connectivity index (χ1v) is 13.5. The highest BCUT2D eigenvalue weighted by Gasteiger charge is 2.32. The van der Waals surface area contributed by atoms with Crippen LogP contribution in [0.15, 0.2) is 36.7 Å². The minimum Gasteiger partial charge on any atom is -0.322 e. The third-order valence-corrected chi connectivity index (χ3v) is 7.99. The first-order chi connectivity index (χ1) is 18.3. The van der Waals surface area contributed by atoms with Gasteiger partial charge in [-0.15, -0.1) is 0 Å². The summed E-state index contributed by atoms with van der Waals surface area (Å²) >= 11 is 0. The fraction of sp³-hybridized carbons (Fsp3) is 0.448. The number of likely N-dealkylation sites (N-methyl/N-ethyl adjacent to an activating group) is 1. The zero-order valence-corrected chi connectivity index (χ0v) is 22.6. The van der Waals surface area contributed by atoms with E-state index >= 15 is 4.39 Å². The van der Waals surface area contributed by atoms with Crippen LogP contribution < -0.4 is 5.32 Å². The van der Waals surface area contributed by atoms with Crippen LogP contribution in [0.25, 0.3) is 22.3 Å². The summed E-state index contributed by atoms with van der Waals surface area (Å²) in [6.45, 7) is 15.1. The Bertz CT molecular complexity index is 1470. The Hall–Kier alpha value is -3.43. The summed E-state index contributed by atoms with van der Waals surface area (Å²) in [5.74, 6) is 1.58. The van der Waals surface area contributed by atoms with E-state index in [4.69, 9.17) is 4.98 Å². The van der Waals surface area contributed by atoms with Gasteiger partial charge in [0.2, 0.25) is 5.95 Å². The molecular weight excluding hydrogens is 479 g/mol. The van der Waals surface area contributed by atoms with Crippen LogP contribution in [0.5, 0.6) is 0 Å². The van der Waals surface area contributed by atoms with Crippen molar-refractivity contribution in [3.05, 3.63) is 59.4 Å². The highest BCUT2D eigenvalue weighted by molar-refractivity contribution is 5.86. The molecule has 0 saturated carbocycles. The first-order valence-electron chi connectivity index (χ1n) is 13.5. The highest BCUT2D eigenvalue weighted by Crippen LogP contribution is 2.38. The average Bonchev–Trinajstić information content (AvgIpc) is 3.44. The SMILES string of the molecule is CCN1CCN(Cc2ccc(Nc3ncc(F)c(-c4cc(C)c5nc6n(c5c4)C(C)(C)CC6)n3)nc2)CC1. The lowest BCUT2D eigenvalue weighted by Crippen LogP contribution is -2.45. The molecule has 0 spiro atoms. The predicted molar refractivity (Wildman–Crippen MR) is 148 cm³/mol. The topological polar surface area (TPSA) is 75.0 Å². The molecule has 38 heavy (non-hydrogen) atoms. The number of aryl methyl sites for hydroxylation is 2. The number of imidazole rings is 1. The monoisotopic (exact) mass is 514 g/mol. The molecule has 9 heteroatoms. The van der Waals surface area contributed by atoms with Gasteiger partial charge < -0.3 is 14.8 Å². The summed E-state index contributed by atoms with van der Waals surface area (Å²) in [6, 6.07) is 7.97. The lowest BCUT2D eigenvalue weighted by molar-refractivity contribution is 0.132. The number of rotatable bonds is 6. The maximum Gasteiger partial charge on any atom is 0.229 e. The molecule has 8 nitrogen and oxygen atoms in total. The number of pyridine rings is 1. The van der Waals surface area contributed by atoms with E-state index in [1.807, 2.05) is 31.3 Å². The van der Waals surface area contributed by atoms with Crippen molar-refractivity contribution < 1.29 is 4.39 Å². The van der Waals surface area contributed by atoms with Gasteiger partial charge >= 0.3 is 0 Å². The van der Waals surface area contributed by atoms with E-state index in [1.165, 1.54) is 11.8 Å². The molecule has 0 atom stereocenters. The lowest BCUT2D eigenvalue weighted by atomic mass is 10.0. The molecule has 0 bridgehead atoms.